The summed E-state index contributed by atoms with van der Waals surface area (Å²) in [6, 6.07) is 0. The maximum atomic E-state index is 11.5. The fourth-order valence-electron chi connectivity index (χ4n) is 2.81. The molecule has 2 nitrogen and oxygen atoms in total. The van der Waals surface area contributed by atoms with Crippen LogP contribution in [0.25, 0.3) is 0 Å². The molecule has 0 N–H and O–H groups in total. The first-order valence-corrected chi connectivity index (χ1v) is 5.84. The van der Waals surface area contributed by atoms with Crippen LogP contribution in [-0.2, 0) is 9.53 Å². The number of rotatable bonds is 2. The molecular formula is C12H20O2. The summed E-state index contributed by atoms with van der Waals surface area (Å²) in [4.78, 5) is 11.5. The Labute approximate surface area is 86.0 Å². The summed E-state index contributed by atoms with van der Waals surface area (Å²) in [7, 11) is 0. The van der Waals surface area contributed by atoms with E-state index in [4.69, 9.17) is 4.74 Å². The highest BCUT2D eigenvalue weighted by atomic mass is 16.5. The van der Waals surface area contributed by atoms with Gasteiger partial charge in [-0.2, -0.15) is 0 Å². The monoisotopic (exact) mass is 196 g/mol. The van der Waals surface area contributed by atoms with Crippen LogP contribution in [-0.4, -0.2) is 12.6 Å². The first kappa shape index (κ1) is 10.0. The normalized spacial score (nSPS) is 41.0. The Morgan fingerprint density at radius 1 is 1.43 bits per heavy atom. The SMILES string of the molecule is CCOC(=O)C1CC12CCC(C)CC2. The van der Waals surface area contributed by atoms with E-state index in [1.165, 1.54) is 25.7 Å². The molecule has 0 heterocycles. The molecule has 0 amide bonds. The van der Waals surface area contributed by atoms with Gasteiger partial charge in [0.25, 0.3) is 0 Å². The summed E-state index contributed by atoms with van der Waals surface area (Å²) in [6.07, 6.45) is 6.19. The topological polar surface area (TPSA) is 26.3 Å². The van der Waals surface area contributed by atoms with Gasteiger partial charge < -0.3 is 4.74 Å². The van der Waals surface area contributed by atoms with Gasteiger partial charge in [-0.15, -0.1) is 0 Å². The summed E-state index contributed by atoms with van der Waals surface area (Å²) in [5.41, 5.74) is 0.374. The molecule has 14 heavy (non-hydrogen) atoms. The molecule has 1 atom stereocenters. The van der Waals surface area contributed by atoms with Crippen molar-refractivity contribution >= 4 is 5.97 Å². The molecule has 2 fully saturated rings. The lowest BCUT2D eigenvalue weighted by atomic mass is 9.79. The van der Waals surface area contributed by atoms with E-state index < -0.39 is 0 Å². The molecule has 2 saturated carbocycles. The fourth-order valence-corrected chi connectivity index (χ4v) is 2.81. The van der Waals surface area contributed by atoms with Crippen molar-refractivity contribution in [3.8, 4) is 0 Å². The zero-order valence-electron chi connectivity index (χ0n) is 9.21. The maximum Gasteiger partial charge on any atom is 0.309 e. The summed E-state index contributed by atoms with van der Waals surface area (Å²) in [5, 5.41) is 0. The van der Waals surface area contributed by atoms with E-state index in [1.54, 1.807) is 0 Å². The first-order valence-electron chi connectivity index (χ1n) is 5.84. The second-order valence-electron chi connectivity index (χ2n) is 5.05. The van der Waals surface area contributed by atoms with E-state index in [0.29, 0.717) is 12.0 Å². The van der Waals surface area contributed by atoms with Crippen LogP contribution in [0.3, 0.4) is 0 Å². The third-order valence-corrected chi connectivity index (χ3v) is 4.03. The molecule has 80 valence electrons. The Morgan fingerprint density at radius 3 is 2.64 bits per heavy atom. The van der Waals surface area contributed by atoms with Crippen LogP contribution in [0.2, 0.25) is 0 Å². The van der Waals surface area contributed by atoms with Gasteiger partial charge in [-0.05, 0) is 37.5 Å². The third kappa shape index (κ3) is 1.67. The quantitative estimate of drug-likeness (QED) is 0.635. The van der Waals surface area contributed by atoms with Crippen molar-refractivity contribution in [1.82, 2.24) is 0 Å². The van der Waals surface area contributed by atoms with Gasteiger partial charge in [-0.1, -0.05) is 19.8 Å². The third-order valence-electron chi connectivity index (χ3n) is 4.03. The van der Waals surface area contributed by atoms with Crippen LogP contribution in [0, 0.1) is 17.3 Å². The zero-order valence-corrected chi connectivity index (χ0v) is 9.21. The molecule has 0 aromatic rings. The van der Waals surface area contributed by atoms with Gasteiger partial charge in [0.2, 0.25) is 0 Å². The lowest BCUT2D eigenvalue weighted by molar-refractivity contribution is -0.145. The number of esters is 1. The predicted octanol–water partition coefficient (Wildman–Crippen LogP) is 2.77. The van der Waals surface area contributed by atoms with Gasteiger partial charge in [0.15, 0.2) is 0 Å². The van der Waals surface area contributed by atoms with Crippen molar-refractivity contribution in [2.75, 3.05) is 6.61 Å². The predicted molar refractivity (Wildman–Crippen MR) is 54.8 cm³/mol. The second-order valence-corrected chi connectivity index (χ2v) is 5.05. The standard InChI is InChI=1S/C12H20O2/c1-3-14-11(13)10-8-12(10)6-4-9(2)5-7-12/h9-10H,3-8H2,1-2H3. The molecule has 0 aliphatic heterocycles. The van der Waals surface area contributed by atoms with Gasteiger partial charge in [0.1, 0.15) is 0 Å². The molecule has 0 aromatic carbocycles. The summed E-state index contributed by atoms with van der Waals surface area (Å²) < 4.78 is 5.08. The molecule has 2 aliphatic carbocycles. The van der Waals surface area contributed by atoms with Crippen LogP contribution < -0.4 is 0 Å². The van der Waals surface area contributed by atoms with Crippen LogP contribution >= 0.6 is 0 Å². The van der Waals surface area contributed by atoms with Crippen LogP contribution in [0.1, 0.15) is 46.0 Å². The Bertz CT molecular complexity index is 226. The number of ether oxygens (including phenoxy) is 1. The van der Waals surface area contributed by atoms with Gasteiger partial charge in [0, 0.05) is 0 Å². The van der Waals surface area contributed by atoms with E-state index in [1.807, 2.05) is 6.92 Å². The number of hydrogen-bond donors (Lipinski definition) is 0. The lowest BCUT2D eigenvalue weighted by Gasteiger charge is -2.26. The van der Waals surface area contributed by atoms with Crippen molar-refractivity contribution in [3.63, 3.8) is 0 Å². The zero-order chi connectivity index (χ0) is 10.2. The van der Waals surface area contributed by atoms with E-state index >= 15 is 0 Å². The van der Waals surface area contributed by atoms with Gasteiger partial charge in [-0.25, -0.2) is 0 Å². The average molecular weight is 196 g/mol. The van der Waals surface area contributed by atoms with Crippen LogP contribution in [0.5, 0.6) is 0 Å². The van der Waals surface area contributed by atoms with E-state index in [9.17, 15) is 4.79 Å². The molecule has 0 bridgehead atoms. The van der Waals surface area contributed by atoms with Crippen molar-refractivity contribution < 1.29 is 9.53 Å². The number of hydrogen-bond acceptors (Lipinski definition) is 2. The Balaban J connectivity index is 1.87. The minimum atomic E-state index is 0.0575. The lowest BCUT2D eigenvalue weighted by Crippen LogP contribution is -2.19. The van der Waals surface area contributed by atoms with Crippen LogP contribution in [0.15, 0.2) is 0 Å². The van der Waals surface area contributed by atoms with Crippen molar-refractivity contribution in [3.05, 3.63) is 0 Å². The van der Waals surface area contributed by atoms with Gasteiger partial charge in [-0.3, -0.25) is 4.79 Å². The average Bonchev–Trinajstić information content (AvgIpc) is 2.87. The minimum absolute atomic E-state index is 0.0575. The Kier molecular flexibility index (Phi) is 2.54. The van der Waals surface area contributed by atoms with Crippen molar-refractivity contribution in [2.24, 2.45) is 17.3 Å². The summed E-state index contributed by atoms with van der Waals surface area (Å²) in [5.74, 6) is 1.17. The first-order chi connectivity index (χ1) is 6.68. The van der Waals surface area contributed by atoms with Gasteiger partial charge >= 0.3 is 5.97 Å². The molecule has 2 aliphatic rings. The maximum absolute atomic E-state index is 11.5. The largest absolute Gasteiger partial charge is 0.466 e. The summed E-state index contributed by atoms with van der Waals surface area (Å²) in [6.45, 7) is 4.73. The second kappa shape index (κ2) is 3.56. The molecule has 1 spiro atoms. The molecular weight excluding hydrogens is 176 g/mol. The molecule has 1 unspecified atom stereocenters. The summed E-state index contributed by atoms with van der Waals surface area (Å²) >= 11 is 0. The van der Waals surface area contributed by atoms with Crippen molar-refractivity contribution in [1.29, 1.82) is 0 Å². The van der Waals surface area contributed by atoms with Gasteiger partial charge in [0.05, 0.1) is 12.5 Å². The van der Waals surface area contributed by atoms with E-state index in [2.05, 4.69) is 6.92 Å². The van der Waals surface area contributed by atoms with E-state index in [0.717, 1.165) is 12.3 Å². The number of carbonyl (C=O) groups excluding carboxylic acids is 1. The fraction of sp³-hybridized carbons (Fsp3) is 0.917. The molecule has 0 radical (unpaired) electrons. The highest BCUT2D eigenvalue weighted by Crippen LogP contribution is 2.62. The Hall–Kier alpha value is -0.530. The molecule has 0 aromatic heterocycles. The Morgan fingerprint density at radius 2 is 2.07 bits per heavy atom. The smallest absolute Gasteiger partial charge is 0.309 e. The molecule has 2 rings (SSSR count). The van der Waals surface area contributed by atoms with Crippen molar-refractivity contribution in [2.45, 2.75) is 46.0 Å². The molecule has 0 saturated heterocycles. The van der Waals surface area contributed by atoms with E-state index in [-0.39, 0.29) is 11.9 Å². The minimum Gasteiger partial charge on any atom is -0.466 e. The highest BCUT2D eigenvalue weighted by molar-refractivity contribution is 5.77. The van der Waals surface area contributed by atoms with Crippen LogP contribution in [0.4, 0.5) is 0 Å². The highest BCUT2D eigenvalue weighted by Gasteiger charge is 2.58. The number of carbonyl (C=O) groups is 1. The molecule has 2 heteroatoms.